The molecule has 0 saturated heterocycles. The predicted molar refractivity (Wildman–Crippen MR) is 113 cm³/mol. The van der Waals surface area contributed by atoms with Crippen molar-refractivity contribution in [3.8, 4) is 0 Å². The highest BCUT2D eigenvalue weighted by molar-refractivity contribution is 6.35. The van der Waals surface area contributed by atoms with Gasteiger partial charge in [0.15, 0.2) is 0 Å². The SMILES string of the molecule is O=C1c2ccc([N+](=O)[O-])cc2C(=O)N1c1cccc(N2C(=O)c3ccc([N+](=O)[O-])cc3C2=O)n1. The Kier molecular flexibility index (Phi) is 4.29. The van der Waals surface area contributed by atoms with Crippen molar-refractivity contribution in [3.05, 3.63) is 97.1 Å². The van der Waals surface area contributed by atoms with E-state index in [4.69, 9.17) is 0 Å². The number of hydrogen-bond donors (Lipinski definition) is 0. The van der Waals surface area contributed by atoms with E-state index in [0.29, 0.717) is 9.80 Å². The molecule has 0 aliphatic carbocycles. The summed E-state index contributed by atoms with van der Waals surface area (Å²) in [6.45, 7) is 0. The Morgan fingerprint density at radius 1 is 0.588 bits per heavy atom. The Morgan fingerprint density at radius 2 is 0.971 bits per heavy atom. The van der Waals surface area contributed by atoms with Gasteiger partial charge in [0.05, 0.1) is 32.1 Å². The molecule has 0 spiro atoms. The number of pyridine rings is 1. The van der Waals surface area contributed by atoms with E-state index in [-0.39, 0.29) is 45.3 Å². The number of carbonyl (C=O) groups excluding carboxylic acids is 4. The summed E-state index contributed by atoms with van der Waals surface area (Å²) in [4.78, 5) is 77.5. The molecule has 3 heterocycles. The largest absolute Gasteiger partial charge is 0.270 e. The highest BCUT2D eigenvalue weighted by Gasteiger charge is 2.41. The molecule has 2 aliphatic rings. The van der Waals surface area contributed by atoms with Crippen molar-refractivity contribution in [2.45, 2.75) is 0 Å². The van der Waals surface area contributed by atoms with Gasteiger partial charge in [0, 0.05) is 24.3 Å². The summed E-state index contributed by atoms with van der Waals surface area (Å²) in [5.41, 5.74) is -1.22. The zero-order valence-electron chi connectivity index (χ0n) is 16.7. The lowest BCUT2D eigenvalue weighted by Gasteiger charge is -2.17. The summed E-state index contributed by atoms with van der Waals surface area (Å²) < 4.78 is 0. The van der Waals surface area contributed by atoms with Crippen molar-refractivity contribution in [3.63, 3.8) is 0 Å². The third kappa shape index (κ3) is 2.84. The van der Waals surface area contributed by atoms with Gasteiger partial charge in [-0.25, -0.2) is 14.8 Å². The number of hydrogen-bond acceptors (Lipinski definition) is 9. The maximum absolute atomic E-state index is 12.9. The van der Waals surface area contributed by atoms with E-state index in [1.165, 1.54) is 18.2 Å². The molecule has 0 radical (unpaired) electrons. The molecule has 0 unspecified atom stereocenters. The molecule has 0 bridgehead atoms. The summed E-state index contributed by atoms with van der Waals surface area (Å²) in [5.74, 6) is -3.70. The van der Waals surface area contributed by atoms with E-state index >= 15 is 0 Å². The van der Waals surface area contributed by atoms with Crippen LogP contribution in [0.15, 0.2) is 54.6 Å². The second-order valence-corrected chi connectivity index (χ2v) is 7.22. The van der Waals surface area contributed by atoms with Gasteiger partial charge in [-0.1, -0.05) is 6.07 Å². The van der Waals surface area contributed by atoms with Gasteiger partial charge in [-0.2, -0.15) is 0 Å². The third-order valence-corrected chi connectivity index (χ3v) is 5.34. The monoisotopic (exact) mass is 459 g/mol. The number of anilines is 2. The number of aromatic nitrogens is 1. The van der Waals surface area contributed by atoms with Gasteiger partial charge in [0.2, 0.25) is 0 Å². The molecule has 4 amide bonds. The lowest BCUT2D eigenvalue weighted by Crippen LogP contribution is -2.33. The molecule has 2 aliphatic heterocycles. The van der Waals surface area contributed by atoms with Crippen LogP contribution < -0.4 is 9.80 Å². The summed E-state index contributed by atoms with van der Waals surface area (Å²) in [6, 6.07) is 10.4. The van der Waals surface area contributed by atoms with E-state index in [0.717, 1.165) is 36.4 Å². The zero-order chi connectivity index (χ0) is 24.3. The van der Waals surface area contributed by atoms with Gasteiger partial charge in [-0.05, 0) is 24.3 Å². The van der Waals surface area contributed by atoms with Gasteiger partial charge in [-0.3, -0.25) is 39.4 Å². The number of imide groups is 2. The molecular formula is C21H9N5O8. The normalized spacial score (nSPS) is 14.5. The van der Waals surface area contributed by atoms with Crippen LogP contribution in [0.5, 0.6) is 0 Å². The number of nitro groups is 2. The first-order valence-corrected chi connectivity index (χ1v) is 9.50. The minimum absolute atomic E-state index is 0.0594. The molecule has 0 atom stereocenters. The van der Waals surface area contributed by atoms with E-state index in [1.54, 1.807) is 0 Å². The molecule has 0 saturated carbocycles. The Balaban J connectivity index is 1.52. The maximum Gasteiger partial charge on any atom is 0.270 e. The minimum atomic E-state index is -0.855. The Hall–Kier alpha value is -5.33. The van der Waals surface area contributed by atoms with Gasteiger partial charge in [-0.15, -0.1) is 0 Å². The van der Waals surface area contributed by atoms with Crippen molar-refractivity contribution in [2.75, 3.05) is 9.80 Å². The van der Waals surface area contributed by atoms with Crippen LogP contribution in [0.1, 0.15) is 41.4 Å². The van der Waals surface area contributed by atoms with Gasteiger partial charge in [0.1, 0.15) is 11.6 Å². The van der Waals surface area contributed by atoms with Crippen LogP contribution in [0.4, 0.5) is 23.0 Å². The van der Waals surface area contributed by atoms with E-state index in [2.05, 4.69) is 4.98 Å². The molecule has 34 heavy (non-hydrogen) atoms. The van der Waals surface area contributed by atoms with Crippen LogP contribution in [0, 0.1) is 20.2 Å². The molecule has 13 nitrogen and oxygen atoms in total. The Labute approximate surface area is 188 Å². The second kappa shape index (κ2) is 7.09. The maximum atomic E-state index is 12.9. The standard InChI is InChI=1S/C21H9N5O8/c27-18-12-6-4-10(25(31)32)8-14(12)20(29)23(18)16-2-1-3-17(22-16)24-19(28)13-7-5-11(26(33)34)9-15(13)21(24)30/h1-9H. The minimum Gasteiger partial charge on any atom is -0.268 e. The molecule has 166 valence electrons. The lowest BCUT2D eigenvalue weighted by molar-refractivity contribution is -0.385. The van der Waals surface area contributed by atoms with E-state index in [1.807, 2.05) is 0 Å². The topological polar surface area (TPSA) is 174 Å². The number of carbonyl (C=O) groups is 4. The van der Waals surface area contributed by atoms with Gasteiger partial charge < -0.3 is 0 Å². The van der Waals surface area contributed by atoms with Crippen molar-refractivity contribution in [1.29, 1.82) is 0 Å². The van der Waals surface area contributed by atoms with Gasteiger partial charge in [0.25, 0.3) is 35.0 Å². The van der Waals surface area contributed by atoms with Crippen LogP contribution in [-0.4, -0.2) is 38.5 Å². The number of non-ortho nitro benzene ring substituents is 2. The first kappa shape index (κ1) is 20.6. The molecule has 1 aromatic heterocycles. The fraction of sp³-hybridized carbons (Fsp3) is 0. The zero-order valence-corrected chi connectivity index (χ0v) is 16.7. The fourth-order valence-electron chi connectivity index (χ4n) is 3.76. The van der Waals surface area contributed by atoms with E-state index in [9.17, 15) is 39.4 Å². The molecule has 5 rings (SSSR count). The Morgan fingerprint density at radius 3 is 1.35 bits per heavy atom. The van der Waals surface area contributed by atoms with Crippen LogP contribution in [-0.2, 0) is 0 Å². The molecular weight excluding hydrogens is 450 g/mol. The average Bonchev–Trinajstić information content (AvgIpc) is 3.22. The number of nitro benzene ring substituents is 2. The first-order valence-electron chi connectivity index (χ1n) is 9.50. The summed E-state index contributed by atoms with van der Waals surface area (Å²) in [7, 11) is 0. The first-order chi connectivity index (χ1) is 16.2. The van der Waals surface area contributed by atoms with Crippen molar-refractivity contribution >= 4 is 46.6 Å². The quantitative estimate of drug-likeness (QED) is 0.322. The predicted octanol–water partition coefficient (Wildman–Crippen LogP) is 2.50. The van der Waals surface area contributed by atoms with E-state index < -0.39 is 33.5 Å². The fourth-order valence-corrected chi connectivity index (χ4v) is 3.76. The van der Waals surface area contributed by atoms with Crippen LogP contribution in [0.3, 0.4) is 0 Å². The Bertz CT molecular complexity index is 1410. The number of rotatable bonds is 4. The van der Waals surface area contributed by atoms with Crippen molar-refractivity contribution in [2.24, 2.45) is 0 Å². The van der Waals surface area contributed by atoms with Crippen LogP contribution >= 0.6 is 0 Å². The smallest absolute Gasteiger partial charge is 0.268 e. The molecule has 2 aromatic carbocycles. The van der Waals surface area contributed by atoms with Crippen LogP contribution in [0.2, 0.25) is 0 Å². The van der Waals surface area contributed by atoms with Crippen molar-refractivity contribution in [1.82, 2.24) is 4.98 Å². The summed E-state index contributed by atoms with van der Waals surface area (Å²) in [5, 5.41) is 22.0. The number of fused-ring (bicyclic) bond motifs is 2. The molecule has 3 aromatic rings. The molecule has 0 N–H and O–H groups in total. The average molecular weight is 459 g/mol. The molecule has 0 fully saturated rings. The number of amides is 4. The summed E-state index contributed by atoms with van der Waals surface area (Å²) in [6.07, 6.45) is 0. The summed E-state index contributed by atoms with van der Waals surface area (Å²) >= 11 is 0. The highest BCUT2D eigenvalue weighted by Crippen LogP contribution is 2.33. The molecule has 13 heteroatoms. The number of benzene rings is 2. The third-order valence-electron chi connectivity index (χ3n) is 5.34. The highest BCUT2D eigenvalue weighted by atomic mass is 16.6. The number of nitrogens with zero attached hydrogens (tertiary/aromatic N) is 5. The lowest BCUT2D eigenvalue weighted by atomic mass is 10.1. The second-order valence-electron chi connectivity index (χ2n) is 7.22. The van der Waals surface area contributed by atoms with Crippen molar-refractivity contribution < 1.29 is 29.0 Å². The van der Waals surface area contributed by atoms with Crippen LogP contribution in [0.25, 0.3) is 0 Å². The van der Waals surface area contributed by atoms with Gasteiger partial charge >= 0.3 is 0 Å².